The van der Waals surface area contributed by atoms with Crippen molar-refractivity contribution in [1.29, 1.82) is 0 Å². The van der Waals surface area contributed by atoms with Crippen LogP contribution in [0.25, 0.3) is 22.2 Å². The molecule has 0 atom stereocenters. The lowest BCUT2D eigenvalue weighted by molar-refractivity contribution is 0.0784. The number of hydrogen-bond donors (Lipinski definition) is 0. The van der Waals surface area contributed by atoms with Crippen LogP contribution in [0, 0.1) is 0 Å². The molecule has 1 fully saturated rings. The second-order valence-corrected chi connectivity index (χ2v) is 7.21. The Morgan fingerprint density at radius 3 is 2.52 bits per heavy atom. The largest absolute Gasteiger partial charge is 0.340 e. The molecule has 0 N–H and O–H groups in total. The van der Waals surface area contributed by atoms with Gasteiger partial charge < -0.3 is 9.80 Å². The molecule has 0 bridgehead atoms. The van der Waals surface area contributed by atoms with Crippen LogP contribution in [-0.4, -0.2) is 53.9 Å². The molecule has 4 rings (SSSR count). The zero-order chi connectivity index (χ0) is 18.6. The molecule has 0 aliphatic carbocycles. The zero-order valence-corrected chi connectivity index (χ0v) is 15.8. The number of likely N-dealkylation sites (N-methyl/N-ethyl adjacent to an activating group) is 1. The molecule has 0 unspecified atom stereocenters. The van der Waals surface area contributed by atoms with Crippen molar-refractivity contribution in [3.8, 4) is 11.3 Å². The monoisotopic (exact) mass is 359 g/mol. The van der Waals surface area contributed by atoms with E-state index in [1.165, 1.54) is 12.8 Å². The Kier molecular flexibility index (Phi) is 5.16. The fraction of sp³-hybridized carbons (Fsp3) is 0.304. The summed E-state index contributed by atoms with van der Waals surface area (Å²) in [6.45, 7) is 3.99. The van der Waals surface area contributed by atoms with Crippen LogP contribution in [0.15, 0.2) is 60.7 Å². The molecule has 0 spiro atoms. The van der Waals surface area contributed by atoms with Gasteiger partial charge in [-0.2, -0.15) is 0 Å². The van der Waals surface area contributed by atoms with Gasteiger partial charge >= 0.3 is 0 Å². The van der Waals surface area contributed by atoms with Crippen LogP contribution < -0.4 is 0 Å². The molecular formula is C23H25N3O. The highest BCUT2D eigenvalue weighted by Gasteiger charge is 2.19. The van der Waals surface area contributed by atoms with E-state index in [-0.39, 0.29) is 5.91 Å². The van der Waals surface area contributed by atoms with Gasteiger partial charge in [0.15, 0.2) is 0 Å². The average Bonchev–Trinajstić information content (AvgIpc) is 3.25. The van der Waals surface area contributed by atoms with Gasteiger partial charge in [0.1, 0.15) is 0 Å². The predicted molar refractivity (Wildman–Crippen MR) is 110 cm³/mol. The molecule has 1 aromatic heterocycles. The number of carbonyl (C=O) groups is 1. The van der Waals surface area contributed by atoms with E-state index in [0.717, 1.165) is 53.9 Å². The van der Waals surface area contributed by atoms with Crippen molar-refractivity contribution in [2.45, 2.75) is 12.8 Å². The minimum absolute atomic E-state index is 0.0602. The highest BCUT2D eigenvalue weighted by molar-refractivity contribution is 6.07. The number of hydrogen-bond acceptors (Lipinski definition) is 3. The Labute approximate surface area is 160 Å². The van der Waals surface area contributed by atoms with Crippen LogP contribution in [0.5, 0.6) is 0 Å². The van der Waals surface area contributed by atoms with E-state index in [0.29, 0.717) is 0 Å². The van der Waals surface area contributed by atoms with Crippen molar-refractivity contribution in [3.05, 3.63) is 66.2 Å². The smallest absolute Gasteiger partial charge is 0.254 e. The summed E-state index contributed by atoms with van der Waals surface area (Å²) in [5, 5.41) is 0.912. The number of fused-ring (bicyclic) bond motifs is 1. The average molecular weight is 359 g/mol. The number of pyridine rings is 1. The fourth-order valence-corrected chi connectivity index (χ4v) is 3.71. The molecular weight excluding hydrogens is 334 g/mol. The topological polar surface area (TPSA) is 36.4 Å². The van der Waals surface area contributed by atoms with E-state index in [2.05, 4.69) is 4.90 Å². The summed E-state index contributed by atoms with van der Waals surface area (Å²) in [5.74, 6) is 0.0602. The molecule has 2 aromatic carbocycles. The van der Waals surface area contributed by atoms with E-state index >= 15 is 0 Å². The zero-order valence-electron chi connectivity index (χ0n) is 15.8. The number of rotatable bonds is 5. The van der Waals surface area contributed by atoms with Gasteiger partial charge in [-0.05, 0) is 38.1 Å². The highest BCUT2D eigenvalue weighted by atomic mass is 16.2. The summed E-state index contributed by atoms with van der Waals surface area (Å²) in [6.07, 6.45) is 2.54. The second kappa shape index (κ2) is 7.89. The summed E-state index contributed by atoms with van der Waals surface area (Å²) < 4.78 is 0. The van der Waals surface area contributed by atoms with Crippen LogP contribution in [0.1, 0.15) is 23.2 Å². The number of likely N-dealkylation sites (tertiary alicyclic amines) is 1. The molecule has 1 amide bonds. The number of aromatic nitrogens is 1. The lowest BCUT2D eigenvalue weighted by Gasteiger charge is -2.22. The quantitative estimate of drug-likeness (QED) is 0.689. The van der Waals surface area contributed by atoms with Gasteiger partial charge in [-0.1, -0.05) is 48.5 Å². The summed E-state index contributed by atoms with van der Waals surface area (Å²) in [7, 11) is 1.90. The van der Waals surface area contributed by atoms with Crippen molar-refractivity contribution in [2.75, 3.05) is 33.2 Å². The maximum atomic E-state index is 13.2. The molecule has 4 nitrogen and oxygen atoms in total. The third kappa shape index (κ3) is 3.86. The van der Waals surface area contributed by atoms with Crippen LogP contribution in [0.4, 0.5) is 0 Å². The molecule has 0 saturated carbocycles. The molecule has 27 heavy (non-hydrogen) atoms. The summed E-state index contributed by atoms with van der Waals surface area (Å²) in [4.78, 5) is 22.3. The van der Waals surface area contributed by atoms with E-state index in [1.54, 1.807) is 0 Å². The standard InChI is InChI=1S/C23H25N3O/c1-25(15-16-26-13-7-8-14-26)23(27)20-17-22(18-9-3-2-4-10-18)24-21-12-6-5-11-19(20)21/h2-6,9-12,17H,7-8,13-16H2,1H3. The highest BCUT2D eigenvalue weighted by Crippen LogP contribution is 2.25. The van der Waals surface area contributed by atoms with Crippen LogP contribution in [-0.2, 0) is 0 Å². The molecule has 4 heteroatoms. The number of para-hydroxylation sites is 1. The first-order valence-electron chi connectivity index (χ1n) is 9.65. The van der Waals surface area contributed by atoms with Crippen molar-refractivity contribution >= 4 is 16.8 Å². The third-order valence-electron chi connectivity index (χ3n) is 5.31. The van der Waals surface area contributed by atoms with Gasteiger partial charge in [0.25, 0.3) is 5.91 Å². The van der Waals surface area contributed by atoms with Gasteiger partial charge in [-0.15, -0.1) is 0 Å². The van der Waals surface area contributed by atoms with Crippen molar-refractivity contribution < 1.29 is 4.79 Å². The minimum atomic E-state index is 0.0602. The number of carbonyl (C=O) groups excluding carboxylic acids is 1. The van der Waals surface area contributed by atoms with Crippen LogP contribution in [0.2, 0.25) is 0 Å². The maximum Gasteiger partial charge on any atom is 0.254 e. The van der Waals surface area contributed by atoms with Crippen LogP contribution in [0.3, 0.4) is 0 Å². The van der Waals surface area contributed by atoms with Gasteiger partial charge in [0, 0.05) is 31.1 Å². The third-order valence-corrected chi connectivity index (χ3v) is 5.31. The molecule has 3 aromatic rings. The molecule has 1 saturated heterocycles. The van der Waals surface area contributed by atoms with Gasteiger partial charge in [-0.25, -0.2) is 4.98 Å². The van der Waals surface area contributed by atoms with Crippen molar-refractivity contribution in [2.24, 2.45) is 0 Å². The Hall–Kier alpha value is -2.72. The number of amides is 1. The normalized spacial score (nSPS) is 14.6. The Bertz CT molecular complexity index is 933. The second-order valence-electron chi connectivity index (χ2n) is 7.21. The molecule has 0 radical (unpaired) electrons. The Morgan fingerprint density at radius 2 is 1.74 bits per heavy atom. The van der Waals surface area contributed by atoms with Crippen LogP contribution >= 0.6 is 0 Å². The Balaban J connectivity index is 1.65. The first kappa shape index (κ1) is 17.7. The summed E-state index contributed by atoms with van der Waals surface area (Å²) in [6, 6.07) is 19.9. The number of benzene rings is 2. The SMILES string of the molecule is CN(CCN1CCCC1)C(=O)c1cc(-c2ccccc2)nc2ccccc12. The molecule has 1 aliphatic rings. The van der Waals surface area contributed by atoms with E-state index in [1.807, 2.05) is 72.6 Å². The van der Waals surface area contributed by atoms with Gasteiger partial charge in [0.05, 0.1) is 16.8 Å². The maximum absolute atomic E-state index is 13.2. The lowest BCUT2D eigenvalue weighted by Crippen LogP contribution is -2.35. The van der Waals surface area contributed by atoms with E-state index < -0.39 is 0 Å². The summed E-state index contributed by atoms with van der Waals surface area (Å²) in [5.41, 5.74) is 3.45. The van der Waals surface area contributed by atoms with Crippen molar-refractivity contribution in [1.82, 2.24) is 14.8 Å². The van der Waals surface area contributed by atoms with Gasteiger partial charge in [-0.3, -0.25) is 4.79 Å². The minimum Gasteiger partial charge on any atom is -0.340 e. The fourth-order valence-electron chi connectivity index (χ4n) is 3.71. The number of nitrogens with zero attached hydrogens (tertiary/aromatic N) is 3. The van der Waals surface area contributed by atoms with E-state index in [4.69, 9.17) is 4.98 Å². The molecule has 2 heterocycles. The van der Waals surface area contributed by atoms with E-state index in [9.17, 15) is 4.79 Å². The van der Waals surface area contributed by atoms with Gasteiger partial charge in [0.2, 0.25) is 0 Å². The summed E-state index contributed by atoms with van der Waals surface area (Å²) >= 11 is 0. The lowest BCUT2D eigenvalue weighted by atomic mass is 10.0. The van der Waals surface area contributed by atoms with Crippen molar-refractivity contribution in [3.63, 3.8) is 0 Å². The molecule has 138 valence electrons. The predicted octanol–water partition coefficient (Wildman–Crippen LogP) is 4.07. The first-order chi connectivity index (χ1) is 13.2. The Morgan fingerprint density at radius 1 is 1.04 bits per heavy atom. The molecule has 1 aliphatic heterocycles. The first-order valence-corrected chi connectivity index (χ1v) is 9.65.